The zero-order valence-corrected chi connectivity index (χ0v) is 15.6. The number of thioether (sulfide) groups is 1. The Morgan fingerprint density at radius 2 is 1.71 bits per heavy atom. The maximum Gasteiger partial charge on any atom is 0.356 e. The fourth-order valence-corrected chi connectivity index (χ4v) is 3.12. The molecule has 0 radical (unpaired) electrons. The van der Waals surface area contributed by atoms with Crippen LogP contribution in [0, 0.1) is 0 Å². The van der Waals surface area contributed by atoms with Gasteiger partial charge >= 0.3 is 5.97 Å². The van der Waals surface area contributed by atoms with E-state index in [2.05, 4.69) is 26.1 Å². The molecule has 2 aromatic carbocycles. The Morgan fingerprint density at radius 3 is 2.29 bits per heavy atom. The molecule has 122 valence electrons. The third kappa shape index (κ3) is 3.25. The summed E-state index contributed by atoms with van der Waals surface area (Å²) in [7, 11) is 1.36. The number of halogens is 1. The van der Waals surface area contributed by atoms with E-state index in [1.165, 1.54) is 12.0 Å². The zero-order valence-electron chi connectivity index (χ0n) is 13.2. The van der Waals surface area contributed by atoms with Crippen molar-refractivity contribution in [2.24, 2.45) is 0 Å². The molecule has 1 heterocycles. The average molecular weight is 403 g/mol. The highest BCUT2D eigenvalue weighted by Gasteiger charge is 2.22. The Balaban J connectivity index is 2.17. The third-order valence-corrected chi connectivity index (χ3v) is 4.92. The minimum absolute atomic E-state index is 0.351. The summed E-state index contributed by atoms with van der Waals surface area (Å²) < 4.78 is 5.86. The number of hydrogen-bond donors (Lipinski definition) is 1. The van der Waals surface area contributed by atoms with E-state index in [0.717, 1.165) is 26.9 Å². The molecule has 0 unspecified atom stereocenters. The number of aromatic nitrogens is 2. The molecule has 0 saturated carbocycles. The van der Waals surface area contributed by atoms with Crippen LogP contribution >= 0.6 is 27.7 Å². The first kappa shape index (κ1) is 16.8. The molecule has 0 aliphatic carbocycles. The SMILES string of the molecule is COC(=O)c1[nH]nc(-c2ccc(SC)cc2)c1-c1ccc(Br)cc1. The molecule has 1 N–H and O–H groups in total. The van der Waals surface area contributed by atoms with Crippen molar-refractivity contribution in [3.8, 4) is 22.4 Å². The van der Waals surface area contributed by atoms with E-state index >= 15 is 0 Å². The molecule has 1 aromatic heterocycles. The first-order chi connectivity index (χ1) is 11.6. The summed E-state index contributed by atoms with van der Waals surface area (Å²) in [6, 6.07) is 15.9. The highest BCUT2D eigenvalue weighted by atomic mass is 79.9. The van der Waals surface area contributed by atoms with Gasteiger partial charge in [-0.2, -0.15) is 5.10 Å². The van der Waals surface area contributed by atoms with Gasteiger partial charge in [-0.05, 0) is 36.1 Å². The van der Waals surface area contributed by atoms with Gasteiger partial charge in [-0.25, -0.2) is 4.79 Å². The van der Waals surface area contributed by atoms with Crippen molar-refractivity contribution in [2.45, 2.75) is 4.90 Å². The molecule has 24 heavy (non-hydrogen) atoms. The van der Waals surface area contributed by atoms with Crippen LogP contribution in [0.2, 0.25) is 0 Å². The molecular weight excluding hydrogens is 388 g/mol. The largest absolute Gasteiger partial charge is 0.464 e. The van der Waals surface area contributed by atoms with Crippen LogP contribution in [0.1, 0.15) is 10.5 Å². The van der Waals surface area contributed by atoms with Crippen molar-refractivity contribution in [2.75, 3.05) is 13.4 Å². The maximum absolute atomic E-state index is 12.1. The minimum atomic E-state index is -0.438. The van der Waals surface area contributed by atoms with Crippen molar-refractivity contribution < 1.29 is 9.53 Å². The summed E-state index contributed by atoms with van der Waals surface area (Å²) in [5.41, 5.74) is 3.66. The molecule has 0 amide bonds. The number of methoxy groups -OCH3 is 1. The van der Waals surface area contributed by atoms with Gasteiger partial charge in [0.15, 0.2) is 5.69 Å². The Morgan fingerprint density at radius 1 is 1.08 bits per heavy atom. The van der Waals surface area contributed by atoms with Crippen molar-refractivity contribution >= 4 is 33.7 Å². The Hall–Kier alpha value is -2.05. The average Bonchev–Trinajstić information content (AvgIpc) is 3.06. The van der Waals surface area contributed by atoms with E-state index in [1.807, 2.05) is 54.8 Å². The van der Waals surface area contributed by atoms with Gasteiger partial charge in [0.2, 0.25) is 0 Å². The number of nitrogens with one attached hydrogen (secondary N) is 1. The van der Waals surface area contributed by atoms with Crippen molar-refractivity contribution in [3.05, 3.63) is 58.7 Å². The second-order valence-corrected chi connectivity index (χ2v) is 6.84. The molecule has 0 aliphatic heterocycles. The van der Waals surface area contributed by atoms with Gasteiger partial charge in [-0.15, -0.1) is 11.8 Å². The third-order valence-electron chi connectivity index (χ3n) is 3.65. The molecule has 0 aliphatic rings. The highest BCUT2D eigenvalue weighted by Crippen LogP contribution is 2.34. The van der Waals surface area contributed by atoms with E-state index in [0.29, 0.717) is 5.69 Å². The fraction of sp³-hybridized carbons (Fsp3) is 0.111. The number of hydrogen-bond acceptors (Lipinski definition) is 4. The highest BCUT2D eigenvalue weighted by molar-refractivity contribution is 9.10. The van der Waals surface area contributed by atoms with E-state index in [-0.39, 0.29) is 0 Å². The van der Waals surface area contributed by atoms with E-state index in [1.54, 1.807) is 11.8 Å². The molecular formula is C18H15BrN2O2S. The standard InChI is InChI=1S/C18H15BrN2O2S/c1-23-18(22)17-15(11-3-7-13(19)8-4-11)16(20-21-17)12-5-9-14(24-2)10-6-12/h3-10H,1-2H3,(H,20,21). The molecule has 0 spiro atoms. The second-order valence-electron chi connectivity index (χ2n) is 5.05. The van der Waals surface area contributed by atoms with Crippen LogP contribution in [0.5, 0.6) is 0 Å². The van der Waals surface area contributed by atoms with Gasteiger partial charge in [0, 0.05) is 20.5 Å². The number of H-pyrrole nitrogens is 1. The number of aromatic amines is 1. The van der Waals surface area contributed by atoms with Crippen molar-refractivity contribution in [1.29, 1.82) is 0 Å². The summed E-state index contributed by atoms with van der Waals surface area (Å²) in [6.45, 7) is 0. The molecule has 3 aromatic rings. The van der Waals surface area contributed by atoms with E-state index < -0.39 is 5.97 Å². The zero-order chi connectivity index (χ0) is 17.1. The van der Waals surface area contributed by atoms with Gasteiger partial charge in [0.05, 0.1) is 7.11 Å². The lowest BCUT2D eigenvalue weighted by Gasteiger charge is -2.07. The van der Waals surface area contributed by atoms with Crippen LogP contribution in [0.3, 0.4) is 0 Å². The van der Waals surface area contributed by atoms with Crippen LogP contribution in [-0.4, -0.2) is 29.5 Å². The van der Waals surface area contributed by atoms with Gasteiger partial charge in [-0.1, -0.05) is 40.2 Å². The monoisotopic (exact) mass is 402 g/mol. The lowest BCUT2D eigenvalue weighted by molar-refractivity contribution is 0.0595. The first-order valence-electron chi connectivity index (χ1n) is 7.21. The number of rotatable bonds is 4. The first-order valence-corrected chi connectivity index (χ1v) is 9.23. The minimum Gasteiger partial charge on any atom is -0.464 e. The summed E-state index contributed by atoms with van der Waals surface area (Å²) in [5, 5.41) is 7.19. The molecule has 4 nitrogen and oxygen atoms in total. The smallest absolute Gasteiger partial charge is 0.356 e. The van der Waals surface area contributed by atoms with Gasteiger partial charge < -0.3 is 4.74 Å². The molecule has 0 fully saturated rings. The maximum atomic E-state index is 12.1. The number of carbonyl (C=O) groups is 1. The summed E-state index contributed by atoms with van der Waals surface area (Å²) in [4.78, 5) is 13.3. The summed E-state index contributed by atoms with van der Waals surface area (Å²) >= 11 is 5.11. The summed E-state index contributed by atoms with van der Waals surface area (Å²) in [6.07, 6.45) is 2.03. The lowest BCUT2D eigenvalue weighted by atomic mass is 9.99. The van der Waals surface area contributed by atoms with Crippen LogP contribution in [0.4, 0.5) is 0 Å². The Kier molecular flexibility index (Phi) is 5.06. The van der Waals surface area contributed by atoms with Crippen LogP contribution < -0.4 is 0 Å². The molecule has 0 saturated heterocycles. The van der Waals surface area contributed by atoms with Crippen LogP contribution in [-0.2, 0) is 4.74 Å². The van der Waals surface area contributed by atoms with Crippen molar-refractivity contribution in [1.82, 2.24) is 10.2 Å². The second kappa shape index (κ2) is 7.23. The number of esters is 1. The number of benzene rings is 2. The Labute approximate surface area is 152 Å². The van der Waals surface area contributed by atoms with Crippen LogP contribution in [0.25, 0.3) is 22.4 Å². The molecule has 6 heteroatoms. The van der Waals surface area contributed by atoms with E-state index in [4.69, 9.17) is 4.74 Å². The van der Waals surface area contributed by atoms with E-state index in [9.17, 15) is 4.79 Å². The number of ether oxygens (including phenoxy) is 1. The van der Waals surface area contributed by atoms with Crippen molar-refractivity contribution in [3.63, 3.8) is 0 Å². The van der Waals surface area contributed by atoms with Gasteiger partial charge in [0.1, 0.15) is 5.69 Å². The quantitative estimate of drug-likeness (QED) is 0.491. The summed E-state index contributed by atoms with van der Waals surface area (Å²) in [5.74, 6) is -0.438. The predicted molar refractivity (Wildman–Crippen MR) is 100 cm³/mol. The molecule has 0 atom stereocenters. The number of carbonyl (C=O) groups excluding carboxylic acids is 1. The Bertz CT molecular complexity index is 858. The van der Waals surface area contributed by atoms with Gasteiger partial charge in [-0.3, -0.25) is 5.10 Å². The van der Waals surface area contributed by atoms with Crippen LogP contribution in [0.15, 0.2) is 57.9 Å². The predicted octanol–water partition coefficient (Wildman–Crippen LogP) is 5.01. The molecule has 0 bridgehead atoms. The topological polar surface area (TPSA) is 55.0 Å². The fourth-order valence-electron chi connectivity index (χ4n) is 2.45. The number of nitrogens with zero attached hydrogens (tertiary/aromatic N) is 1. The van der Waals surface area contributed by atoms with Gasteiger partial charge in [0.25, 0.3) is 0 Å². The normalized spacial score (nSPS) is 10.6. The lowest BCUT2D eigenvalue weighted by Crippen LogP contribution is -2.03. The molecule has 3 rings (SSSR count).